The van der Waals surface area contributed by atoms with Gasteiger partial charge in [0.2, 0.25) is 0 Å². The fourth-order valence-corrected chi connectivity index (χ4v) is 3.27. The van der Waals surface area contributed by atoms with Crippen molar-refractivity contribution in [3.05, 3.63) is 60.7 Å². The molecule has 0 N–H and O–H groups in total. The first-order valence-corrected chi connectivity index (χ1v) is 8.99. The van der Waals surface area contributed by atoms with Gasteiger partial charge in [0, 0.05) is 55.8 Å². The molecule has 0 saturated carbocycles. The third kappa shape index (κ3) is 3.58. The maximum Gasteiger partial charge on any atom is 0.132 e. The minimum Gasteiger partial charge on any atom is -0.354 e. The summed E-state index contributed by atoms with van der Waals surface area (Å²) in [6.45, 7) is 6.06. The number of aryl methyl sites for hydroxylation is 1. The SMILES string of the molecule is Cc1nc(-c2cncc(-c3ccccc3)c2)cc(N2CCN(C)CC2)n1. The summed E-state index contributed by atoms with van der Waals surface area (Å²) in [6, 6.07) is 14.5. The van der Waals surface area contributed by atoms with E-state index in [0.29, 0.717) is 0 Å². The lowest BCUT2D eigenvalue weighted by molar-refractivity contribution is 0.312. The van der Waals surface area contributed by atoms with Gasteiger partial charge in [-0.05, 0) is 25.6 Å². The van der Waals surface area contributed by atoms with Crippen LogP contribution in [0.5, 0.6) is 0 Å². The molecule has 0 amide bonds. The van der Waals surface area contributed by atoms with Crippen molar-refractivity contribution in [2.24, 2.45) is 0 Å². The van der Waals surface area contributed by atoms with E-state index in [1.54, 1.807) is 0 Å². The molecule has 0 atom stereocenters. The molecule has 0 aliphatic carbocycles. The summed E-state index contributed by atoms with van der Waals surface area (Å²) in [5.41, 5.74) is 4.20. The summed E-state index contributed by atoms with van der Waals surface area (Å²) < 4.78 is 0. The number of rotatable bonds is 3. The predicted molar refractivity (Wildman–Crippen MR) is 105 cm³/mol. The highest BCUT2D eigenvalue weighted by molar-refractivity contribution is 5.71. The Balaban J connectivity index is 1.68. The quantitative estimate of drug-likeness (QED) is 0.729. The number of piperazine rings is 1. The number of benzene rings is 1. The van der Waals surface area contributed by atoms with Gasteiger partial charge in [-0.2, -0.15) is 0 Å². The fourth-order valence-electron chi connectivity index (χ4n) is 3.27. The van der Waals surface area contributed by atoms with Crippen LogP contribution in [0.3, 0.4) is 0 Å². The Labute approximate surface area is 154 Å². The van der Waals surface area contributed by atoms with Crippen LogP contribution in [0.15, 0.2) is 54.9 Å². The lowest BCUT2D eigenvalue weighted by Crippen LogP contribution is -2.44. The van der Waals surface area contributed by atoms with Gasteiger partial charge >= 0.3 is 0 Å². The van der Waals surface area contributed by atoms with Gasteiger partial charge in [0.05, 0.1) is 5.69 Å². The van der Waals surface area contributed by atoms with Crippen LogP contribution in [-0.2, 0) is 0 Å². The molecule has 1 aliphatic heterocycles. The zero-order valence-corrected chi connectivity index (χ0v) is 15.3. The number of anilines is 1. The van der Waals surface area contributed by atoms with Gasteiger partial charge in [-0.1, -0.05) is 30.3 Å². The van der Waals surface area contributed by atoms with E-state index >= 15 is 0 Å². The Morgan fingerprint density at radius 3 is 2.31 bits per heavy atom. The lowest BCUT2D eigenvalue weighted by atomic mass is 10.0. The summed E-state index contributed by atoms with van der Waals surface area (Å²) in [6.07, 6.45) is 3.77. The van der Waals surface area contributed by atoms with E-state index in [0.717, 1.165) is 60.2 Å². The molecule has 5 heteroatoms. The molecule has 2 aromatic heterocycles. The molecule has 3 aromatic rings. The number of hydrogen-bond donors (Lipinski definition) is 0. The second-order valence-corrected chi connectivity index (χ2v) is 6.78. The zero-order valence-electron chi connectivity index (χ0n) is 15.3. The second-order valence-electron chi connectivity index (χ2n) is 6.78. The van der Waals surface area contributed by atoms with E-state index in [2.05, 4.69) is 56.1 Å². The van der Waals surface area contributed by atoms with Crippen molar-refractivity contribution in [1.29, 1.82) is 0 Å². The summed E-state index contributed by atoms with van der Waals surface area (Å²) in [5, 5.41) is 0. The van der Waals surface area contributed by atoms with Crippen LogP contribution in [0.4, 0.5) is 5.82 Å². The third-order valence-electron chi connectivity index (χ3n) is 4.79. The maximum absolute atomic E-state index is 4.66. The Morgan fingerprint density at radius 2 is 1.54 bits per heavy atom. The van der Waals surface area contributed by atoms with Gasteiger partial charge in [-0.15, -0.1) is 0 Å². The van der Waals surface area contributed by atoms with Gasteiger partial charge in [0.25, 0.3) is 0 Å². The van der Waals surface area contributed by atoms with Crippen LogP contribution >= 0.6 is 0 Å². The van der Waals surface area contributed by atoms with Gasteiger partial charge in [-0.3, -0.25) is 4.98 Å². The van der Waals surface area contributed by atoms with Gasteiger partial charge in [-0.25, -0.2) is 9.97 Å². The molecule has 0 spiro atoms. The van der Waals surface area contributed by atoms with Crippen LogP contribution in [0.25, 0.3) is 22.4 Å². The summed E-state index contributed by atoms with van der Waals surface area (Å²) in [7, 11) is 2.16. The van der Waals surface area contributed by atoms with E-state index < -0.39 is 0 Å². The third-order valence-corrected chi connectivity index (χ3v) is 4.79. The van der Waals surface area contributed by atoms with E-state index in [1.165, 1.54) is 0 Å². The summed E-state index contributed by atoms with van der Waals surface area (Å²) >= 11 is 0. The van der Waals surface area contributed by atoms with E-state index in [4.69, 9.17) is 0 Å². The Kier molecular flexibility index (Phi) is 4.63. The van der Waals surface area contributed by atoms with Crippen molar-refractivity contribution in [2.75, 3.05) is 38.1 Å². The van der Waals surface area contributed by atoms with Gasteiger partial charge < -0.3 is 9.80 Å². The first-order valence-electron chi connectivity index (χ1n) is 8.99. The van der Waals surface area contributed by atoms with Crippen LogP contribution < -0.4 is 4.90 Å². The first kappa shape index (κ1) is 16.7. The topological polar surface area (TPSA) is 45.2 Å². The van der Waals surface area contributed by atoms with Crippen molar-refractivity contribution in [2.45, 2.75) is 6.92 Å². The molecule has 4 rings (SSSR count). The van der Waals surface area contributed by atoms with Gasteiger partial charge in [0.15, 0.2) is 0 Å². The minimum atomic E-state index is 0.793. The summed E-state index contributed by atoms with van der Waals surface area (Å²) in [5.74, 6) is 1.80. The number of likely N-dealkylation sites (N-methyl/N-ethyl adjacent to an activating group) is 1. The Morgan fingerprint density at radius 1 is 0.808 bits per heavy atom. The highest BCUT2D eigenvalue weighted by atomic mass is 15.3. The lowest BCUT2D eigenvalue weighted by Gasteiger charge is -2.33. The van der Waals surface area contributed by atoms with E-state index in [1.807, 2.05) is 37.5 Å². The standard InChI is InChI=1S/C21H23N5/c1-16-23-20(13-21(24-16)26-10-8-25(2)9-11-26)19-12-18(14-22-15-19)17-6-4-3-5-7-17/h3-7,12-15H,8-11H2,1-2H3. The highest BCUT2D eigenvalue weighted by Crippen LogP contribution is 2.26. The van der Waals surface area contributed by atoms with Gasteiger partial charge in [0.1, 0.15) is 11.6 Å². The minimum absolute atomic E-state index is 0.793. The average molecular weight is 345 g/mol. The molecule has 26 heavy (non-hydrogen) atoms. The molecule has 0 unspecified atom stereocenters. The molecular formula is C21H23N5. The largest absolute Gasteiger partial charge is 0.354 e. The maximum atomic E-state index is 4.66. The predicted octanol–water partition coefficient (Wildman–Crippen LogP) is 3.27. The molecule has 1 fully saturated rings. The van der Waals surface area contributed by atoms with Crippen molar-refractivity contribution in [1.82, 2.24) is 19.9 Å². The summed E-state index contributed by atoms with van der Waals surface area (Å²) in [4.78, 5) is 18.4. The van der Waals surface area contributed by atoms with Crippen LogP contribution in [0.1, 0.15) is 5.82 Å². The Bertz CT molecular complexity index is 886. The van der Waals surface area contributed by atoms with Crippen LogP contribution in [0.2, 0.25) is 0 Å². The Hall–Kier alpha value is -2.79. The van der Waals surface area contributed by atoms with Crippen LogP contribution in [-0.4, -0.2) is 53.1 Å². The van der Waals surface area contributed by atoms with E-state index in [-0.39, 0.29) is 0 Å². The molecule has 1 saturated heterocycles. The second kappa shape index (κ2) is 7.22. The smallest absolute Gasteiger partial charge is 0.132 e. The molecule has 1 aromatic carbocycles. The van der Waals surface area contributed by atoms with Crippen molar-refractivity contribution < 1.29 is 0 Å². The number of hydrogen-bond acceptors (Lipinski definition) is 5. The monoisotopic (exact) mass is 345 g/mol. The fraction of sp³-hybridized carbons (Fsp3) is 0.286. The number of aromatic nitrogens is 3. The molecule has 0 bridgehead atoms. The molecule has 1 aliphatic rings. The number of pyridine rings is 1. The molecule has 3 heterocycles. The van der Waals surface area contributed by atoms with Crippen molar-refractivity contribution in [3.8, 4) is 22.4 Å². The molecular weight excluding hydrogens is 322 g/mol. The van der Waals surface area contributed by atoms with Crippen LogP contribution in [0, 0.1) is 6.92 Å². The van der Waals surface area contributed by atoms with Crippen molar-refractivity contribution in [3.63, 3.8) is 0 Å². The normalized spacial score (nSPS) is 15.2. The van der Waals surface area contributed by atoms with E-state index in [9.17, 15) is 0 Å². The first-order chi connectivity index (χ1) is 12.7. The zero-order chi connectivity index (χ0) is 17.9. The average Bonchev–Trinajstić information content (AvgIpc) is 2.69. The number of nitrogens with zero attached hydrogens (tertiary/aromatic N) is 5. The highest BCUT2D eigenvalue weighted by Gasteiger charge is 2.17. The van der Waals surface area contributed by atoms with Crippen molar-refractivity contribution >= 4 is 5.82 Å². The molecule has 0 radical (unpaired) electrons. The molecule has 132 valence electrons. The molecule has 5 nitrogen and oxygen atoms in total.